The minimum absolute atomic E-state index is 0.427. The molecule has 1 N–H and O–H groups in total. The molecule has 0 aromatic heterocycles. The van der Waals surface area contributed by atoms with Gasteiger partial charge in [0.2, 0.25) is 0 Å². The molecule has 3 nitrogen and oxygen atoms in total. The van der Waals surface area contributed by atoms with Crippen LogP contribution >= 0.6 is 0 Å². The van der Waals surface area contributed by atoms with E-state index >= 15 is 0 Å². The van der Waals surface area contributed by atoms with Crippen molar-refractivity contribution in [1.82, 2.24) is 0 Å². The number of rotatable bonds is 5. The summed E-state index contributed by atoms with van der Waals surface area (Å²) in [7, 11) is -3.15. The standard InChI is InChI=1S/C14H19NO2S/c1-18(16,17)13-5-3-2-4-12(13)15-14(10-6-7-10)11-8-9-11/h2-5,10-11,14-15H,6-9H2,1H3. The number of anilines is 1. The lowest BCUT2D eigenvalue weighted by atomic mass is 10.1. The molecule has 2 aliphatic carbocycles. The topological polar surface area (TPSA) is 46.2 Å². The van der Waals surface area contributed by atoms with Gasteiger partial charge in [0.25, 0.3) is 0 Å². The first kappa shape index (κ1) is 12.0. The quantitative estimate of drug-likeness (QED) is 0.890. The fourth-order valence-electron chi connectivity index (χ4n) is 2.62. The molecular formula is C14H19NO2S. The summed E-state index contributed by atoms with van der Waals surface area (Å²) in [6, 6.07) is 7.73. The molecule has 0 amide bonds. The Morgan fingerprint density at radius 3 is 2.17 bits per heavy atom. The molecule has 0 bridgehead atoms. The molecule has 0 heterocycles. The molecule has 0 aliphatic heterocycles. The zero-order valence-electron chi connectivity index (χ0n) is 10.6. The fourth-order valence-corrected chi connectivity index (χ4v) is 3.47. The van der Waals surface area contributed by atoms with Crippen molar-refractivity contribution in [2.75, 3.05) is 11.6 Å². The van der Waals surface area contributed by atoms with E-state index in [4.69, 9.17) is 0 Å². The van der Waals surface area contributed by atoms with E-state index in [1.165, 1.54) is 31.9 Å². The number of para-hydroxylation sites is 1. The van der Waals surface area contributed by atoms with E-state index in [-0.39, 0.29) is 0 Å². The van der Waals surface area contributed by atoms with Crippen molar-refractivity contribution in [3.63, 3.8) is 0 Å². The number of benzene rings is 1. The van der Waals surface area contributed by atoms with Gasteiger partial charge < -0.3 is 5.32 Å². The minimum atomic E-state index is -3.15. The van der Waals surface area contributed by atoms with Crippen LogP contribution < -0.4 is 5.32 Å². The summed E-state index contributed by atoms with van der Waals surface area (Å²) in [6.07, 6.45) is 6.42. The monoisotopic (exact) mass is 265 g/mol. The van der Waals surface area contributed by atoms with Crippen LogP contribution in [-0.4, -0.2) is 20.7 Å². The van der Waals surface area contributed by atoms with Gasteiger partial charge in [-0.1, -0.05) is 12.1 Å². The maximum atomic E-state index is 11.8. The van der Waals surface area contributed by atoms with Crippen LogP contribution in [0.5, 0.6) is 0 Å². The normalized spacial score (nSPS) is 20.1. The maximum Gasteiger partial charge on any atom is 0.177 e. The van der Waals surface area contributed by atoms with E-state index in [2.05, 4.69) is 5.32 Å². The highest BCUT2D eigenvalue weighted by Crippen LogP contribution is 2.46. The Morgan fingerprint density at radius 1 is 1.11 bits per heavy atom. The van der Waals surface area contributed by atoms with Crippen LogP contribution in [0.25, 0.3) is 0 Å². The first-order valence-corrected chi connectivity index (χ1v) is 8.50. The predicted octanol–water partition coefficient (Wildman–Crippen LogP) is 2.69. The third kappa shape index (κ3) is 2.53. The van der Waals surface area contributed by atoms with Crippen LogP contribution in [0.2, 0.25) is 0 Å². The molecular weight excluding hydrogens is 246 g/mol. The Morgan fingerprint density at radius 2 is 1.67 bits per heavy atom. The first-order valence-electron chi connectivity index (χ1n) is 6.61. The van der Waals surface area contributed by atoms with Crippen molar-refractivity contribution >= 4 is 15.5 Å². The molecule has 18 heavy (non-hydrogen) atoms. The number of hydrogen-bond acceptors (Lipinski definition) is 3. The molecule has 2 fully saturated rings. The Labute approximate surface area is 109 Å². The molecule has 4 heteroatoms. The molecule has 2 aliphatic rings. The van der Waals surface area contributed by atoms with E-state index in [0.717, 1.165) is 17.5 Å². The molecule has 0 unspecified atom stereocenters. The average molecular weight is 265 g/mol. The average Bonchev–Trinajstić information content (AvgIpc) is 3.16. The Bertz CT molecular complexity index is 533. The van der Waals surface area contributed by atoms with Crippen LogP contribution in [-0.2, 0) is 9.84 Å². The smallest absolute Gasteiger partial charge is 0.177 e. The summed E-state index contributed by atoms with van der Waals surface area (Å²) < 4.78 is 23.5. The lowest BCUT2D eigenvalue weighted by molar-refractivity contribution is 0.565. The van der Waals surface area contributed by atoms with Gasteiger partial charge in [-0.05, 0) is 49.7 Å². The molecule has 3 rings (SSSR count). The Hall–Kier alpha value is -1.03. The fraction of sp³-hybridized carbons (Fsp3) is 0.571. The van der Waals surface area contributed by atoms with Crippen LogP contribution in [0, 0.1) is 11.8 Å². The molecule has 0 spiro atoms. The van der Waals surface area contributed by atoms with E-state index in [1.807, 2.05) is 12.1 Å². The largest absolute Gasteiger partial charge is 0.381 e. The summed E-state index contributed by atoms with van der Waals surface area (Å²) in [5.74, 6) is 1.51. The van der Waals surface area contributed by atoms with Crippen molar-refractivity contribution in [3.8, 4) is 0 Å². The van der Waals surface area contributed by atoms with Gasteiger partial charge in [0, 0.05) is 12.3 Å². The molecule has 1 aromatic carbocycles. The van der Waals surface area contributed by atoms with Crippen LogP contribution in [0.4, 0.5) is 5.69 Å². The third-order valence-corrected chi connectivity index (χ3v) is 5.02. The number of sulfone groups is 1. The lowest BCUT2D eigenvalue weighted by Gasteiger charge is -2.20. The molecule has 2 saturated carbocycles. The molecule has 0 radical (unpaired) electrons. The van der Waals surface area contributed by atoms with Crippen molar-refractivity contribution in [3.05, 3.63) is 24.3 Å². The lowest BCUT2D eigenvalue weighted by Crippen LogP contribution is -2.25. The third-order valence-electron chi connectivity index (χ3n) is 3.87. The molecule has 0 saturated heterocycles. The van der Waals surface area contributed by atoms with Gasteiger partial charge in [0.15, 0.2) is 9.84 Å². The second kappa shape index (κ2) is 4.26. The van der Waals surface area contributed by atoms with E-state index in [9.17, 15) is 8.42 Å². The summed E-state index contributed by atoms with van der Waals surface area (Å²) in [6.45, 7) is 0. The summed E-state index contributed by atoms with van der Waals surface area (Å²) >= 11 is 0. The van der Waals surface area contributed by atoms with E-state index in [0.29, 0.717) is 10.9 Å². The molecule has 98 valence electrons. The number of hydrogen-bond donors (Lipinski definition) is 1. The predicted molar refractivity (Wildman–Crippen MR) is 72.4 cm³/mol. The minimum Gasteiger partial charge on any atom is -0.381 e. The first-order chi connectivity index (χ1) is 8.55. The van der Waals surface area contributed by atoms with Gasteiger partial charge in [-0.15, -0.1) is 0 Å². The zero-order chi connectivity index (χ0) is 12.8. The maximum absolute atomic E-state index is 11.8. The van der Waals surface area contributed by atoms with Crippen LogP contribution in [0.1, 0.15) is 25.7 Å². The van der Waals surface area contributed by atoms with Crippen molar-refractivity contribution in [2.45, 2.75) is 36.6 Å². The highest BCUT2D eigenvalue weighted by molar-refractivity contribution is 7.90. The van der Waals surface area contributed by atoms with Gasteiger partial charge in [-0.2, -0.15) is 0 Å². The second-order valence-corrected chi connectivity index (χ2v) is 7.60. The van der Waals surface area contributed by atoms with Gasteiger partial charge in [0.05, 0.1) is 10.6 Å². The molecule has 1 aromatic rings. The van der Waals surface area contributed by atoms with Crippen molar-refractivity contribution in [2.24, 2.45) is 11.8 Å². The second-order valence-electron chi connectivity index (χ2n) is 5.61. The van der Waals surface area contributed by atoms with Crippen LogP contribution in [0.15, 0.2) is 29.2 Å². The highest BCUT2D eigenvalue weighted by atomic mass is 32.2. The van der Waals surface area contributed by atoms with Gasteiger partial charge in [-0.25, -0.2) is 8.42 Å². The van der Waals surface area contributed by atoms with Gasteiger partial charge >= 0.3 is 0 Å². The van der Waals surface area contributed by atoms with Gasteiger partial charge in [-0.3, -0.25) is 0 Å². The summed E-state index contributed by atoms with van der Waals surface area (Å²) in [5, 5.41) is 3.50. The van der Waals surface area contributed by atoms with E-state index < -0.39 is 9.84 Å². The van der Waals surface area contributed by atoms with Crippen molar-refractivity contribution < 1.29 is 8.42 Å². The zero-order valence-corrected chi connectivity index (χ0v) is 11.4. The highest BCUT2D eigenvalue weighted by Gasteiger charge is 2.41. The van der Waals surface area contributed by atoms with Crippen molar-refractivity contribution in [1.29, 1.82) is 0 Å². The number of nitrogens with one attached hydrogen (secondary N) is 1. The van der Waals surface area contributed by atoms with Crippen LogP contribution in [0.3, 0.4) is 0 Å². The Balaban J connectivity index is 1.87. The summed E-state index contributed by atoms with van der Waals surface area (Å²) in [4.78, 5) is 0.427. The molecule has 0 atom stereocenters. The summed E-state index contributed by atoms with van der Waals surface area (Å²) in [5.41, 5.74) is 0.781. The SMILES string of the molecule is CS(=O)(=O)c1ccccc1NC(C1CC1)C1CC1. The van der Waals surface area contributed by atoms with E-state index in [1.54, 1.807) is 12.1 Å². The Kier molecular flexibility index (Phi) is 2.85. The van der Waals surface area contributed by atoms with Gasteiger partial charge in [0.1, 0.15) is 0 Å².